The predicted molar refractivity (Wildman–Crippen MR) is 125 cm³/mol. The lowest BCUT2D eigenvalue weighted by molar-refractivity contribution is -0.137. The maximum Gasteiger partial charge on any atom is 0.416 e. The SMILES string of the molecule is O=C(CSc1nc2ccccc2c(=O)n1-c1ccccc1)N/N=C\c1ccc(C(F)(F)F)cc1. The molecule has 0 atom stereocenters. The fourth-order valence-corrected chi connectivity index (χ4v) is 3.92. The average molecular weight is 482 g/mol. The number of alkyl halides is 3. The van der Waals surface area contributed by atoms with E-state index in [1.807, 2.05) is 6.07 Å². The van der Waals surface area contributed by atoms with E-state index < -0.39 is 17.6 Å². The number of para-hydroxylation sites is 2. The van der Waals surface area contributed by atoms with Crippen molar-refractivity contribution in [3.63, 3.8) is 0 Å². The molecule has 1 heterocycles. The van der Waals surface area contributed by atoms with Crippen molar-refractivity contribution in [1.82, 2.24) is 15.0 Å². The lowest BCUT2D eigenvalue weighted by Gasteiger charge is -2.12. The lowest BCUT2D eigenvalue weighted by Crippen LogP contribution is -2.24. The molecule has 0 fully saturated rings. The number of hydrogen-bond donors (Lipinski definition) is 1. The summed E-state index contributed by atoms with van der Waals surface area (Å²) in [7, 11) is 0. The molecule has 0 radical (unpaired) electrons. The third-order valence-electron chi connectivity index (χ3n) is 4.73. The molecule has 4 rings (SSSR count). The van der Waals surface area contributed by atoms with Gasteiger partial charge in [-0.15, -0.1) is 0 Å². The summed E-state index contributed by atoms with van der Waals surface area (Å²) in [6.45, 7) is 0. The van der Waals surface area contributed by atoms with Crippen molar-refractivity contribution in [2.24, 2.45) is 5.10 Å². The minimum atomic E-state index is -4.42. The van der Waals surface area contributed by atoms with Crippen LogP contribution in [0.1, 0.15) is 11.1 Å². The average Bonchev–Trinajstić information content (AvgIpc) is 2.83. The van der Waals surface area contributed by atoms with E-state index >= 15 is 0 Å². The molecule has 1 amide bonds. The predicted octanol–water partition coefficient (Wildman–Crippen LogP) is 4.65. The Kier molecular flexibility index (Phi) is 6.78. The number of thioether (sulfide) groups is 1. The smallest absolute Gasteiger partial charge is 0.272 e. The number of carbonyl (C=O) groups is 1. The highest BCUT2D eigenvalue weighted by Crippen LogP contribution is 2.28. The number of halogens is 3. The Morgan fingerprint density at radius 3 is 2.38 bits per heavy atom. The molecule has 4 aromatic rings. The van der Waals surface area contributed by atoms with Gasteiger partial charge in [0.05, 0.1) is 34.1 Å². The number of amides is 1. The van der Waals surface area contributed by atoms with Gasteiger partial charge in [0.15, 0.2) is 5.16 Å². The number of carbonyl (C=O) groups excluding carboxylic acids is 1. The van der Waals surface area contributed by atoms with Gasteiger partial charge in [-0.05, 0) is 42.0 Å². The van der Waals surface area contributed by atoms with Gasteiger partial charge in [-0.3, -0.25) is 14.2 Å². The summed E-state index contributed by atoms with van der Waals surface area (Å²) in [6.07, 6.45) is -3.17. The van der Waals surface area contributed by atoms with Crippen molar-refractivity contribution in [3.8, 4) is 5.69 Å². The first-order valence-corrected chi connectivity index (χ1v) is 11.0. The minimum absolute atomic E-state index is 0.0814. The molecule has 6 nitrogen and oxygen atoms in total. The van der Waals surface area contributed by atoms with E-state index in [-0.39, 0.29) is 11.3 Å². The number of fused-ring (bicyclic) bond motifs is 1. The van der Waals surface area contributed by atoms with E-state index in [9.17, 15) is 22.8 Å². The summed E-state index contributed by atoms with van der Waals surface area (Å²) in [5.74, 6) is -0.544. The van der Waals surface area contributed by atoms with Crippen molar-refractivity contribution in [2.75, 3.05) is 5.75 Å². The van der Waals surface area contributed by atoms with Crippen LogP contribution < -0.4 is 11.0 Å². The molecule has 0 aliphatic rings. The van der Waals surface area contributed by atoms with Crippen LogP contribution in [-0.2, 0) is 11.0 Å². The number of aromatic nitrogens is 2. The van der Waals surface area contributed by atoms with E-state index in [2.05, 4.69) is 15.5 Å². The highest BCUT2D eigenvalue weighted by Gasteiger charge is 2.29. The number of hydrogen-bond acceptors (Lipinski definition) is 5. The molecule has 0 spiro atoms. The van der Waals surface area contributed by atoms with Crippen molar-refractivity contribution < 1.29 is 18.0 Å². The second kappa shape index (κ2) is 9.92. The van der Waals surface area contributed by atoms with Gasteiger partial charge in [0, 0.05) is 0 Å². The number of benzene rings is 3. The Bertz CT molecular complexity index is 1400. The largest absolute Gasteiger partial charge is 0.416 e. The third-order valence-corrected chi connectivity index (χ3v) is 5.67. The zero-order chi connectivity index (χ0) is 24.1. The first kappa shape index (κ1) is 23.2. The van der Waals surface area contributed by atoms with Gasteiger partial charge < -0.3 is 0 Å². The molecular formula is C24H17F3N4O2S. The summed E-state index contributed by atoms with van der Waals surface area (Å²) >= 11 is 1.07. The molecule has 0 bridgehead atoms. The Hall–Kier alpha value is -3.92. The first-order valence-electron chi connectivity index (χ1n) is 10.0. The molecule has 0 unspecified atom stereocenters. The molecule has 172 valence electrons. The number of rotatable bonds is 6. The quantitative estimate of drug-likeness (QED) is 0.188. The van der Waals surface area contributed by atoms with Gasteiger partial charge in [-0.1, -0.05) is 54.2 Å². The Morgan fingerprint density at radius 2 is 1.68 bits per heavy atom. The van der Waals surface area contributed by atoms with Gasteiger partial charge in [0.25, 0.3) is 11.5 Å². The highest BCUT2D eigenvalue weighted by molar-refractivity contribution is 7.99. The molecule has 0 aliphatic carbocycles. The first-order chi connectivity index (χ1) is 16.3. The van der Waals surface area contributed by atoms with Crippen LogP contribution in [0.15, 0.2) is 93.9 Å². The third kappa shape index (κ3) is 5.34. The normalized spacial score (nSPS) is 11.7. The molecule has 0 saturated carbocycles. The highest BCUT2D eigenvalue weighted by atomic mass is 32.2. The van der Waals surface area contributed by atoms with Crippen LogP contribution in [0.4, 0.5) is 13.2 Å². The van der Waals surface area contributed by atoms with Gasteiger partial charge in [-0.2, -0.15) is 18.3 Å². The van der Waals surface area contributed by atoms with Crippen molar-refractivity contribution >= 4 is 34.8 Å². The molecule has 3 aromatic carbocycles. The van der Waals surface area contributed by atoms with E-state index in [1.54, 1.807) is 48.5 Å². The molecule has 34 heavy (non-hydrogen) atoms. The summed E-state index contributed by atoms with van der Waals surface area (Å²) in [5, 5.41) is 4.59. The van der Waals surface area contributed by atoms with E-state index in [4.69, 9.17) is 0 Å². The van der Waals surface area contributed by atoms with Crippen LogP contribution in [0.5, 0.6) is 0 Å². The van der Waals surface area contributed by atoms with Crippen molar-refractivity contribution in [3.05, 3.63) is 100 Å². The van der Waals surface area contributed by atoms with E-state index in [0.29, 0.717) is 27.3 Å². The van der Waals surface area contributed by atoms with Gasteiger partial charge in [0.2, 0.25) is 0 Å². The van der Waals surface area contributed by atoms with Crippen LogP contribution in [0, 0.1) is 0 Å². The maximum absolute atomic E-state index is 13.1. The second-order valence-corrected chi connectivity index (χ2v) is 8.03. The Morgan fingerprint density at radius 1 is 1.00 bits per heavy atom. The molecule has 0 aliphatic heterocycles. The van der Waals surface area contributed by atoms with E-state index in [0.717, 1.165) is 23.9 Å². The number of nitrogens with zero attached hydrogens (tertiary/aromatic N) is 3. The van der Waals surface area contributed by atoms with E-state index in [1.165, 1.54) is 22.9 Å². The summed E-state index contributed by atoms with van der Waals surface area (Å²) < 4.78 is 39.3. The monoisotopic (exact) mass is 482 g/mol. The van der Waals surface area contributed by atoms with Gasteiger partial charge >= 0.3 is 6.18 Å². The zero-order valence-electron chi connectivity index (χ0n) is 17.5. The molecular weight excluding hydrogens is 465 g/mol. The Balaban J connectivity index is 1.48. The Labute approximate surface area is 196 Å². The zero-order valence-corrected chi connectivity index (χ0v) is 18.3. The van der Waals surface area contributed by atoms with Gasteiger partial charge in [-0.25, -0.2) is 10.4 Å². The molecule has 10 heteroatoms. The standard InChI is InChI=1S/C24H17F3N4O2S/c25-24(26,27)17-12-10-16(11-13-17)14-28-30-21(32)15-34-23-29-20-9-5-4-8-19(20)22(33)31(23)18-6-2-1-3-7-18/h1-14H,15H2,(H,30,32)/b28-14-. The topological polar surface area (TPSA) is 76.3 Å². The summed E-state index contributed by atoms with van der Waals surface area (Å²) in [4.78, 5) is 30.0. The molecule has 0 saturated heterocycles. The lowest BCUT2D eigenvalue weighted by atomic mass is 10.1. The van der Waals surface area contributed by atoms with Gasteiger partial charge in [0.1, 0.15) is 0 Å². The molecule has 1 aromatic heterocycles. The number of nitrogens with one attached hydrogen (secondary N) is 1. The fourth-order valence-electron chi connectivity index (χ4n) is 3.11. The maximum atomic E-state index is 13.1. The summed E-state index contributed by atoms with van der Waals surface area (Å²) in [6, 6.07) is 20.3. The van der Waals surface area contributed by atoms with Crippen molar-refractivity contribution in [1.29, 1.82) is 0 Å². The summed E-state index contributed by atoms with van der Waals surface area (Å²) in [5.41, 5.74) is 2.85. The molecule has 1 N–H and O–H groups in total. The second-order valence-electron chi connectivity index (χ2n) is 7.09. The van der Waals surface area contributed by atoms with Crippen molar-refractivity contribution in [2.45, 2.75) is 11.3 Å². The van der Waals surface area contributed by atoms with Crippen LogP contribution in [0.25, 0.3) is 16.6 Å². The minimum Gasteiger partial charge on any atom is -0.272 e. The number of hydrazone groups is 1. The van der Waals surface area contributed by atoms with Crippen LogP contribution >= 0.6 is 11.8 Å². The van der Waals surface area contributed by atoms with Crippen LogP contribution in [0.2, 0.25) is 0 Å². The van der Waals surface area contributed by atoms with Crippen LogP contribution in [0.3, 0.4) is 0 Å². The van der Waals surface area contributed by atoms with Crippen LogP contribution in [-0.4, -0.2) is 27.4 Å². The fraction of sp³-hybridized carbons (Fsp3) is 0.0833.